The summed E-state index contributed by atoms with van der Waals surface area (Å²) >= 11 is 0. The van der Waals surface area contributed by atoms with Gasteiger partial charge in [0.15, 0.2) is 4.90 Å². The Kier molecular flexibility index (Phi) is 5.58. The molecule has 0 aliphatic carbocycles. The van der Waals surface area contributed by atoms with Crippen molar-refractivity contribution in [1.82, 2.24) is 4.72 Å². The lowest BCUT2D eigenvalue weighted by atomic mass is 10.1. The fourth-order valence-electron chi connectivity index (χ4n) is 1.63. The normalized spacial score (nSPS) is 13.2. The van der Waals surface area contributed by atoms with Gasteiger partial charge in [0, 0.05) is 0 Å². The van der Waals surface area contributed by atoms with Crippen molar-refractivity contribution in [2.45, 2.75) is 37.1 Å². The maximum Gasteiger partial charge on any atom is 0.321 e. The Labute approximate surface area is 115 Å². The van der Waals surface area contributed by atoms with E-state index in [0.717, 1.165) is 18.2 Å². The molecule has 1 aromatic carbocycles. The van der Waals surface area contributed by atoms with Gasteiger partial charge in [-0.1, -0.05) is 25.8 Å². The first-order valence-corrected chi connectivity index (χ1v) is 7.47. The van der Waals surface area contributed by atoms with Gasteiger partial charge in [0.25, 0.3) is 0 Å². The lowest BCUT2D eigenvalue weighted by Gasteiger charge is -2.15. The molecule has 0 heterocycles. The minimum Gasteiger partial charge on any atom is -0.480 e. The van der Waals surface area contributed by atoms with Gasteiger partial charge >= 0.3 is 5.97 Å². The van der Waals surface area contributed by atoms with E-state index in [1.54, 1.807) is 0 Å². The van der Waals surface area contributed by atoms with E-state index in [2.05, 4.69) is 0 Å². The first-order chi connectivity index (χ1) is 9.29. The molecule has 20 heavy (non-hydrogen) atoms. The summed E-state index contributed by atoms with van der Waals surface area (Å²) in [7, 11) is -4.58. The molecule has 0 amide bonds. The number of carboxylic acids is 1. The van der Waals surface area contributed by atoms with Crippen molar-refractivity contribution in [2.24, 2.45) is 0 Å². The minimum absolute atomic E-state index is 0.0428. The number of halogens is 2. The van der Waals surface area contributed by atoms with Crippen LogP contribution < -0.4 is 4.72 Å². The van der Waals surface area contributed by atoms with E-state index in [1.807, 2.05) is 11.6 Å². The molecule has 0 radical (unpaired) electrons. The Morgan fingerprint density at radius 2 is 1.90 bits per heavy atom. The van der Waals surface area contributed by atoms with Crippen LogP contribution in [0.15, 0.2) is 23.1 Å². The number of sulfonamides is 1. The van der Waals surface area contributed by atoms with Crippen LogP contribution in [0.25, 0.3) is 0 Å². The van der Waals surface area contributed by atoms with Gasteiger partial charge in [0.05, 0.1) is 0 Å². The Bertz CT molecular complexity index is 569. The molecule has 1 unspecified atom stereocenters. The number of hydrogen-bond donors (Lipinski definition) is 2. The zero-order chi connectivity index (χ0) is 15.3. The zero-order valence-electron chi connectivity index (χ0n) is 10.8. The van der Waals surface area contributed by atoms with Crippen molar-refractivity contribution in [1.29, 1.82) is 0 Å². The molecule has 0 aliphatic rings. The number of hydrogen-bond acceptors (Lipinski definition) is 3. The first kappa shape index (κ1) is 16.5. The number of carboxylic acid groups (broad SMARTS) is 1. The molecule has 2 N–H and O–H groups in total. The SMILES string of the molecule is CCCCC(NS(=O)(=O)c1c(F)cccc1F)C(=O)O. The molecule has 1 aromatic rings. The molecule has 1 atom stereocenters. The molecule has 0 aliphatic heterocycles. The summed E-state index contributed by atoms with van der Waals surface area (Å²) in [5.74, 6) is -3.92. The molecule has 0 aromatic heterocycles. The fourth-order valence-corrected chi connectivity index (χ4v) is 2.99. The Morgan fingerprint density at radius 3 is 2.35 bits per heavy atom. The van der Waals surface area contributed by atoms with Gasteiger partial charge < -0.3 is 5.11 Å². The van der Waals surface area contributed by atoms with Gasteiger partial charge in [-0.25, -0.2) is 17.2 Å². The minimum atomic E-state index is -4.58. The van der Waals surface area contributed by atoms with Gasteiger partial charge in [-0.3, -0.25) is 4.79 Å². The number of aliphatic carboxylic acids is 1. The van der Waals surface area contributed by atoms with Crippen LogP contribution in [0.5, 0.6) is 0 Å². The molecule has 1 rings (SSSR count). The molecular formula is C12H15F2NO4S. The van der Waals surface area contributed by atoms with Crippen molar-refractivity contribution in [3.8, 4) is 0 Å². The van der Waals surface area contributed by atoms with E-state index in [-0.39, 0.29) is 6.42 Å². The maximum absolute atomic E-state index is 13.4. The molecule has 5 nitrogen and oxygen atoms in total. The van der Waals surface area contributed by atoms with Crippen LogP contribution in [0, 0.1) is 11.6 Å². The standard InChI is InChI=1S/C12H15F2NO4S/c1-2-3-7-10(12(16)17)15-20(18,19)11-8(13)5-4-6-9(11)14/h4-6,10,15H,2-3,7H2,1H3,(H,16,17). The smallest absolute Gasteiger partial charge is 0.321 e. The van der Waals surface area contributed by atoms with Gasteiger partial charge in [-0.05, 0) is 18.6 Å². The van der Waals surface area contributed by atoms with Crippen LogP contribution in [-0.2, 0) is 14.8 Å². The summed E-state index contributed by atoms with van der Waals surface area (Å²) in [5, 5.41) is 8.93. The number of benzene rings is 1. The van der Waals surface area contributed by atoms with Crippen LogP contribution in [0.3, 0.4) is 0 Å². The molecule has 0 saturated heterocycles. The Hall–Kier alpha value is -1.54. The zero-order valence-corrected chi connectivity index (χ0v) is 11.6. The highest BCUT2D eigenvalue weighted by atomic mass is 32.2. The number of nitrogens with one attached hydrogen (secondary N) is 1. The second-order valence-corrected chi connectivity index (χ2v) is 5.86. The van der Waals surface area contributed by atoms with Crippen molar-refractivity contribution < 1.29 is 27.1 Å². The summed E-state index contributed by atoms with van der Waals surface area (Å²) in [5.41, 5.74) is 0. The van der Waals surface area contributed by atoms with E-state index in [4.69, 9.17) is 5.11 Å². The molecule has 0 bridgehead atoms. The summed E-state index contributed by atoms with van der Waals surface area (Å²) < 4.78 is 52.5. The average molecular weight is 307 g/mol. The van der Waals surface area contributed by atoms with Crippen molar-refractivity contribution >= 4 is 16.0 Å². The molecule has 8 heteroatoms. The third-order valence-corrected chi connectivity index (χ3v) is 4.15. The Balaban J connectivity index is 3.07. The van der Waals surface area contributed by atoms with E-state index in [1.165, 1.54) is 0 Å². The number of unbranched alkanes of at least 4 members (excludes halogenated alkanes) is 1. The summed E-state index contributed by atoms with van der Waals surface area (Å²) in [6.45, 7) is 1.81. The van der Waals surface area contributed by atoms with E-state index in [9.17, 15) is 22.0 Å². The number of rotatable bonds is 7. The summed E-state index contributed by atoms with van der Waals surface area (Å²) in [6, 6.07) is 1.19. The Morgan fingerprint density at radius 1 is 1.35 bits per heavy atom. The van der Waals surface area contributed by atoms with Crippen LogP contribution >= 0.6 is 0 Å². The van der Waals surface area contributed by atoms with Crippen molar-refractivity contribution in [3.63, 3.8) is 0 Å². The van der Waals surface area contributed by atoms with Crippen LogP contribution in [-0.4, -0.2) is 25.5 Å². The molecule has 0 fully saturated rings. The highest BCUT2D eigenvalue weighted by Crippen LogP contribution is 2.19. The third-order valence-electron chi connectivity index (χ3n) is 2.63. The molecule has 0 saturated carbocycles. The third kappa shape index (κ3) is 3.97. The van der Waals surface area contributed by atoms with Crippen molar-refractivity contribution in [3.05, 3.63) is 29.8 Å². The highest BCUT2D eigenvalue weighted by Gasteiger charge is 2.29. The monoisotopic (exact) mass is 307 g/mol. The van der Waals surface area contributed by atoms with Gasteiger partial charge in [-0.15, -0.1) is 0 Å². The van der Waals surface area contributed by atoms with Crippen LogP contribution in [0.2, 0.25) is 0 Å². The quantitative estimate of drug-likeness (QED) is 0.805. The highest BCUT2D eigenvalue weighted by molar-refractivity contribution is 7.89. The summed E-state index contributed by atoms with van der Waals surface area (Å²) in [6.07, 6.45) is 1.18. The predicted octanol–water partition coefficient (Wildman–Crippen LogP) is 1.89. The van der Waals surface area contributed by atoms with Crippen LogP contribution in [0.1, 0.15) is 26.2 Å². The second kappa shape index (κ2) is 6.76. The lowest BCUT2D eigenvalue weighted by Crippen LogP contribution is -2.41. The summed E-state index contributed by atoms with van der Waals surface area (Å²) in [4.78, 5) is 9.81. The predicted molar refractivity (Wildman–Crippen MR) is 67.6 cm³/mol. The van der Waals surface area contributed by atoms with Gasteiger partial charge in [-0.2, -0.15) is 4.72 Å². The average Bonchev–Trinajstić information content (AvgIpc) is 2.33. The van der Waals surface area contributed by atoms with Gasteiger partial charge in [0.1, 0.15) is 17.7 Å². The van der Waals surface area contributed by atoms with Crippen LogP contribution in [0.4, 0.5) is 8.78 Å². The maximum atomic E-state index is 13.4. The van der Waals surface area contributed by atoms with Gasteiger partial charge in [0.2, 0.25) is 10.0 Å². The van der Waals surface area contributed by atoms with Crippen molar-refractivity contribution in [2.75, 3.05) is 0 Å². The molecular weight excluding hydrogens is 292 g/mol. The topological polar surface area (TPSA) is 83.5 Å². The fraction of sp³-hybridized carbons (Fsp3) is 0.417. The van der Waals surface area contributed by atoms with E-state index < -0.39 is 38.6 Å². The van der Waals surface area contributed by atoms with E-state index in [0.29, 0.717) is 12.8 Å². The first-order valence-electron chi connectivity index (χ1n) is 5.98. The molecule has 0 spiro atoms. The number of carbonyl (C=O) groups is 1. The lowest BCUT2D eigenvalue weighted by molar-refractivity contribution is -0.139. The largest absolute Gasteiger partial charge is 0.480 e. The van der Waals surface area contributed by atoms with E-state index >= 15 is 0 Å². The molecule has 112 valence electrons. The second-order valence-electron chi connectivity index (χ2n) is 4.21.